The van der Waals surface area contributed by atoms with Crippen molar-refractivity contribution in [1.82, 2.24) is 19.9 Å². The Bertz CT molecular complexity index is 905. The second-order valence-electron chi connectivity index (χ2n) is 6.96. The molecule has 1 atom stereocenters. The van der Waals surface area contributed by atoms with Gasteiger partial charge in [-0.25, -0.2) is 4.68 Å². The van der Waals surface area contributed by atoms with Gasteiger partial charge in [0.2, 0.25) is 0 Å². The average Bonchev–Trinajstić information content (AvgIpc) is 3.19. The summed E-state index contributed by atoms with van der Waals surface area (Å²) in [6.45, 7) is 2.94. The molecule has 2 heterocycles. The lowest BCUT2D eigenvalue weighted by Crippen LogP contribution is -2.43. The van der Waals surface area contributed by atoms with Gasteiger partial charge in [0.1, 0.15) is 5.69 Å². The average molecular weight is 360 g/mol. The molecule has 0 N–H and O–H groups in total. The van der Waals surface area contributed by atoms with Crippen LogP contribution in [0.1, 0.15) is 43.1 Å². The van der Waals surface area contributed by atoms with Gasteiger partial charge in [0.15, 0.2) is 5.69 Å². The number of hydrogen-bond donors (Lipinski definition) is 0. The van der Waals surface area contributed by atoms with Gasteiger partial charge in [-0.05, 0) is 37.8 Å². The molecule has 1 saturated heterocycles. The lowest BCUT2D eigenvalue weighted by atomic mass is 9.99. The Morgan fingerprint density at radius 1 is 1.04 bits per heavy atom. The Hall–Kier alpha value is -2.95. The fraction of sp³-hybridized carbons (Fsp3) is 0.318. The van der Waals surface area contributed by atoms with Crippen LogP contribution in [-0.4, -0.2) is 38.4 Å². The molecule has 27 heavy (non-hydrogen) atoms. The Morgan fingerprint density at radius 3 is 2.44 bits per heavy atom. The molecule has 1 fully saturated rings. The molecule has 0 aliphatic carbocycles. The van der Waals surface area contributed by atoms with Crippen LogP contribution in [0, 0.1) is 0 Å². The lowest BCUT2D eigenvalue weighted by Gasteiger charge is -2.34. The summed E-state index contributed by atoms with van der Waals surface area (Å²) >= 11 is 0. The van der Waals surface area contributed by atoms with Crippen molar-refractivity contribution in [3.05, 3.63) is 66.4 Å². The largest absolute Gasteiger partial charge is 0.334 e. The van der Waals surface area contributed by atoms with E-state index in [2.05, 4.69) is 17.2 Å². The second-order valence-corrected chi connectivity index (χ2v) is 6.96. The normalized spacial score (nSPS) is 17.1. The van der Waals surface area contributed by atoms with Gasteiger partial charge in [-0.15, -0.1) is 5.10 Å². The van der Waals surface area contributed by atoms with Crippen LogP contribution in [0.4, 0.5) is 0 Å². The highest BCUT2D eigenvalue weighted by Crippen LogP contribution is 2.28. The highest BCUT2D eigenvalue weighted by molar-refractivity contribution is 5.98. The summed E-state index contributed by atoms with van der Waals surface area (Å²) in [6, 6.07) is 20.1. The summed E-state index contributed by atoms with van der Waals surface area (Å²) in [5.74, 6) is -0.0115. The Labute approximate surface area is 159 Å². The second kappa shape index (κ2) is 7.74. The predicted molar refractivity (Wildman–Crippen MR) is 106 cm³/mol. The first kappa shape index (κ1) is 17.5. The van der Waals surface area contributed by atoms with Crippen LogP contribution in [0.2, 0.25) is 0 Å². The first-order valence-corrected chi connectivity index (χ1v) is 9.67. The first-order chi connectivity index (χ1) is 13.3. The van der Waals surface area contributed by atoms with E-state index in [-0.39, 0.29) is 11.9 Å². The zero-order chi connectivity index (χ0) is 18.6. The molecule has 0 bridgehead atoms. The van der Waals surface area contributed by atoms with Crippen molar-refractivity contribution in [2.75, 3.05) is 6.54 Å². The smallest absolute Gasteiger partial charge is 0.276 e. The van der Waals surface area contributed by atoms with Crippen molar-refractivity contribution in [2.24, 2.45) is 0 Å². The molecule has 1 unspecified atom stereocenters. The van der Waals surface area contributed by atoms with Gasteiger partial charge in [0, 0.05) is 18.2 Å². The van der Waals surface area contributed by atoms with E-state index in [0.29, 0.717) is 5.69 Å². The molecule has 2 aromatic carbocycles. The summed E-state index contributed by atoms with van der Waals surface area (Å²) in [5, 5.41) is 8.68. The monoisotopic (exact) mass is 360 g/mol. The number of benzene rings is 2. The van der Waals surface area contributed by atoms with Gasteiger partial charge < -0.3 is 4.90 Å². The molecular formula is C22H24N4O. The number of aromatic nitrogens is 3. The lowest BCUT2D eigenvalue weighted by molar-refractivity contribution is 0.0602. The van der Waals surface area contributed by atoms with Gasteiger partial charge >= 0.3 is 0 Å². The molecule has 5 heteroatoms. The number of nitrogens with zero attached hydrogens (tertiary/aromatic N) is 4. The number of carbonyl (C=O) groups excluding carboxylic acids is 1. The third-order valence-corrected chi connectivity index (χ3v) is 5.28. The molecule has 0 radical (unpaired) electrons. The fourth-order valence-corrected chi connectivity index (χ4v) is 3.86. The summed E-state index contributed by atoms with van der Waals surface area (Å²) in [4.78, 5) is 15.4. The standard InChI is InChI=1S/C22H24N4O/c1-2-18-13-9-10-16-25(18)22(27)20-21(17-11-5-3-6-12-17)26(24-23-20)19-14-7-4-8-15-19/h3-8,11-12,14-15,18H,2,9-10,13,16H2,1H3. The van der Waals surface area contributed by atoms with Crippen molar-refractivity contribution < 1.29 is 4.79 Å². The van der Waals surface area contributed by atoms with Gasteiger partial charge in [-0.2, -0.15) is 0 Å². The number of hydrogen-bond acceptors (Lipinski definition) is 3. The Balaban J connectivity index is 1.81. The minimum absolute atomic E-state index is 0.0115. The molecule has 5 nitrogen and oxygen atoms in total. The summed E-state index contributed by atoms with van der Waals surface area (Å²) in [7, 11) is 0. The molecule has 0 saturated carbocycles. The van der Waals surface area contributed by atoms with E-state index in [0.717, 1.165) is 42.8 Å². The number of carbonyl (C=O) groups is 1. The molecule has 138 valence electrons. The first-order valence-electron chi connectivity index (χ1n) is 9.67. The van der Waals surface area contributed by atoms with Crippen LogP contribution in [-0.2, 0) is 0 Å². The SMILES string of the molecule is CCC1CCCCN1C(=O)c1nnn(-c2ccccc2)c1-c1ccccc1. The maximum atomic E-state index is 13.4. The molecule has 3 aromatic rings. The van der Waals surface area contributed by atoms with Crippen molar-refractivity contribution in [2.45, 2.75) is 38.6 Å². The van der Waals surface area contributed by atoms with Crippen LogP contribution in [0.25, 0.3) is 16.9 Å². The molecule has 1 aromatic heterocycles. The van der Waals surface area contributed by atoms with Gasteiger partial charge in [0.05, 0.1) is 5.69 Å². The summed E-state index contributed by atoms with van der Waals surface area (Å²) in [5.41, 5.74) is 3.03. The van der Waals surface area contributed by atoms with E-state index >= 15 is 0 Å². The van der Waals surface area contributed by atoms with Crippen LogP contribution >= 0.6 is 0 Å². The van der Waals surface area contributed by atoms with E-state index in [1.165, 1.54) is 6.42 Å². The maximum absolute atomic E-state index is 13.4. The molecule has 1 amide bonds. The van der Waals surface area contributed by atoms with Crippen LogP contribution in [0.3, 0.4) is 0 Å². The number of piperidine rings is 1. The van der Waals surface area contributed by atoms with Crippen molar-refractivity contribution >= 4 is 5.91 Å². The zero-order valence-corrected chi connectivity index (χ0v) is 15.6. The number of likely N-dealkylation sites (tertiary alicyclic amines) is 1. The van der Waals surface area contributed by atoms with Gasteiger partial charge in [-0.3, -0.25) is 4.79 Å². The summed E-state index contributed by atoms with van der Waals surface area (Å²) < 4.78 is 1.77. The predicted octanol–water partition coefficient (Wildman–Crippen LogP) is 4.34. The maximum Gasteiger partial charge on any atom is 0.276 e. The topological polar surface area (TPSA) is 51.0 Å². The van der Waals surface area contributed by atoms with E-state index < -0.39 is 0 Å². The summed E-state index contributed by atoms with van der Waals surface area (Å²) in [6.07, 6.45) is 4.27. The molecule has 4 rings (SSSR count). The minimum atomic E-state index is -0.0115. The highest BCUT2D eigenvalue weighted by atomic mass is 16.2. The van der Waals surface area contributed by atoms with Crippen molar-refractivity contribution in [3.8, 4) is 16.9 Å². The number of amides is 1. The molecular weight excluding hydrogens is 336 g/mol. The quantitative estimate of drug-likeness (QED) is 0.695. The van der Waals surface area contributed by atoms with Crippen LogP contribution in [0.5, 0.6) is 0 Å². The highest BCUT2D eigenvalue weighted by Gasteiger charge is 2.31. The van der Waals surface area contributed by atoms with E-state index in [1.54, 1.807) is 4.68 Å². The third kappa shape index (κ3) is 3.37. The zero-order valence-electron chi connectivity index (χ0n) is 15.6. The fourth-order valence-electron chi connectivity index (χ4n) is 3.86. The molecule has 1 aliphatic rings. The van der Waals surface area contributed by atoms with Crippen LogP contribution in [0.15, 0.2) is 60.7 Å². The minimum Gasteiger partial charge on any atom is -0.334 e. The van der Waals surface area contributed by atoms with Crippen molar-refractivity contribution in [1.29, 1.82) is 0 Å². The van der Waals surface area contributed by atoms with Crippen LogP contribution < -0.4 is 0 Å². The van der Waals surface area contributed by atoms with E-state index in [9.17, 15) is 4.79 Å². The van der Waals surface area contributed by atoms with Gasteiger partial charge in [0.25, 0.3) is 5.91 Å². The van der Waals surface area contributed by atoms with E-state index in [4.69, 9.17) is 0 Å². The Kier molecular flexibility index (Phi) is 5.01. The third-order valence-electron chi connectivity index (χ3n) is 5.28. The number of rotatable bonds is 4. The van der Waals surface area contributed by atoms with E-state index in [1.807, 2.05) is 65.6 Å². The molecule has 1 aliphatic heterocycles. The van der Waals surface area contributed by atoms with Gasteiger partial charge in [-0.1, -0.05) is 60.7 Å². The van der Waals surface area contributed by atoms with Crippen molar-refractivity contribution in [3.63, 3.8) is 0 Å². The number of para-hydroxylation sites is 1. The molecule has 0 spiro atoms. The Morgan fingerprint density at radius 2 is 1.74 bits per heavy atom.